The minimum atomic E-state index is -0.527. The van der Waals surface area contributed by atoms with E-state index in [9.17, 15) is 5.11 Å². The highest BCUT2D eigenvalue weighted by atomic mass is 16.5. The number of hydrogen-bond acceptors (Lipinski definition) is 5. The van der Waals surface area contributed by atoms with Gasteiger partial charge in [0.1, 0.15) is 5.82 Å². The maximum Gasteiger partial charge on any atom is 0.131 e. The van der Waals surface area contributed by atoms with Crippen LogP contribution >= 0.6 is 0 Å². The van der Waals surface area contributed by atoms with Crippen LogP contribution in [0.25, 0.3) is 0 Å². The molecule has 0 spiro atoms. The summed E-state index contributed by atoms with van der Waals surface area (Å²) in [6.07, 6.45) is 1.60. The van der Waals surface area contributed by atoms with E-state index in [0.29, 0.717) is 6.61 Å². The summed E-state index contributed by atoms with van der Waals surface area (Å²) in [7, 11) is 3.70. The lowest BCUT2D eigenvalue weighted by Gasteiger charge is -2.37. The number of aryl methyl sites for hydroxylation is 2. The zero-order valence-electron chi connectivity index (χ0n) is 13.6. The van der Waals surface area contributed by atoms with E-state index in [2.05, 4.69) is 22.2 Å². The summed E-state index contributed by atoms with van der Waals surface area (Å²) >= 11 is 0. The maximum atomic E-state index is 10.1. The third kappa shape index (κ3) is 3.96. The molecule has 0 aromatic carbocycles. The molecule has 0 saturated carbocycles. The van der Waals surface area contributed by atoms with Crippen LogP contribution in [0.3, 0.4) is 0 Å². The molecule has 1 aromatic heterocycles. The first-order chi connectivity index (χ1) is 9.94. The average molecular weight is 296 g/mol. The summed E-state index contributed by atoms with van der Waals surface area (Å²) in [6, 6.07) is 0. The number of nitrogens with one attached hydrogen (secondary N) is 1. The van der Waals surface area contributed by atoms with Gasteiger partial charge in [0, 0.05) is 45.9 Å². The molecule has 0 radical (unpaired) electrons. The van der Waals surface area contributed by atoms with Gasteiger partial charge in [0.15, 0.2) is 0 Å². The molecule has 6 nitrogen and oxygen atoms in total. The van der Waals surface area contributed by atoms with Gasteiger partial charge in [-0.3, -0.25) is 4.68 Å². The lowest BCUT2D eigenvalue weighted by Crippen LogP contribution is -2.43. The second-order valence-electron chi connectivity index (χ2n) is 6.16. The van der Waals surface area contributed by atoms with Crippen molar-refractivity contribution in [3.8, 4) is 0 Å². The van der Waals surface area contributed by atoms with Crippen molar-refractivity contribution in [2.75, 3.05) is 38.3 Å². The molecule has 21 heavy (non-hydrogen) atoms. The van der Waals surface area contributed by atoms with Crippen LogP contribution in [0, 0.1) is 6.92 Å². The van der Waals surface area contributed by atoms with Crippen LogP contribution in [0.15, 0.2) is 0 Å². The highest BCUT2D eigenvalue weighted by Crippen LogP contribution is 2.29. The van der Waals surface area contributed by atoms with E-state index in [1.165, 1.54) is 11.4 Å². The Hall–Kier alpha value is -1.11. The predicted octanol–water partition coefficient (Wildman–Crippen LogP) is 0.816. The number of hydrogen-bond donors (Lipinski definition) is 2. The first kappa shape index (κ1) is 16.3. The Morgan fingerprint density at radius 1 is 1.38 bits per heavy atom. The Balaban J connectivity index is 2.08. The fourth-order valence-corrected chi connectivity index (χ4v) is 2.88. The standard InChI is InChI=1S/C15H28N4O2/c1-12-13(11-16-7-10-21-4)14(18(3)17-12)19-8-5-15(2,20)6-9-19/h16,20H,5-11H2,1-4H3. The summed E-state index contributed by atoms with van der Waals surface area (Å²) in [4.78, 5) is 2.34. The van der Waals surface area contributed by atoms with Crippen LogP contribution in [0.2, 0.25) is 0 Å². The number of aliphatic hydroxyl groups is 1. The molecule has 0 atom stereocenters. The molecule has 2 rings (SSSR count). The molecule has 2 heterocycles. The molecule has 0 bridgehead atoms. The third-order valence-corrected chi connectivity index (χ3v) is 4.24. The monoisotopic (exact) mass is 296 g/mol. The van der Waals surface area contributed by atoms with Gasteiger partial charge in [0.25, 0.3) is 0 Å². The second kappa shape index (κ2) is 6.77. The largest absolute Gasteiger partial charge is 0.390 e. The highest BCUT2D eigenvalue weighted by Gasteiger charge is 2.30. The van der Waals surface area contributed by atoms with Crippen LogP contribution < -0.4 is 10.2 Å². The number of piperidine rings is 1. The molecule has 1 aromatic rings. The summed E-state index contributed by atoms with van der Waals surface area (Å²) in [5.74, 6) is 1.17. The van der Waals surface area contributed by atoms with Crippen molar-refractivity contribution in [1.82, 2.24) is 15.1 Å². The topological polar surface area (TPSA) is 62.5 Å². The number of nitrogens with zero attached hydrogens (tertiary/aromatic N) is 3. The van der Waals surface area contributed by atoms with Crippen LogP contribution in [-0.4, -0.2) is 53.8 Å². The quantitative estimate of drug-likeness (QED) is 0.761. The molecular formula is C15H28N4O2. The fourth-order valence-electron chi connectivity index (χ4n) is 2.88. The molecule has 1 saturated heterocycles. The van der Waals surface area contributed by atoms with Gasteiger partial charge >= 0.3 is 0 Å². The number of aromatic nitrogens is 2. The summed E-state index contributed by atoms with van der Waals surface area (Å²) < 4.78 is 7.02. The highest BCUT2D eigenvalue weighted by molar-refractivity contribution is 5.50. The van der Waals surface area contributed by atoms with E-state index in [1.54, 1.807) is 7.11 Å². The van der Waals surface area contributed by atoms with Gasteiger partial charge < -0.3 is 20.1 Å². The van der Waals surface area contributed by atoms with Crippen molar-refractivity contribution >= 4 is 5.82 Å². The van der Waals surface area contributed by atoms with Crippen molar-refractivity contribution < 1.29 is 9.84 Å². The lowest BCUT2D eigenvalue weighted by molar-refractivity contribution is 0.0348. The van der Waals surface area contributed by atoms with Gasteiger partial charge in [-0.15, -0.1) is 0 Å². The minimum absolute atomic E-state index is 0.527. The zero-order valence-corrected chi connectivity index (χ0v) is 13.6. The Kier molecular flexibility index (Phi) is 5.24. The van der Waals surface area contributed by atoms with Crippen LogP contribution in [0.5, 0.6) is 0 Å². The smallest absolute Gasteiger partial charge is 0.131 e. The molecule has 0 unspecified atom stereocenters. The summed E-state index contributed by atoms with van der Waals surface area (Å²) in [5, 5.41) is 18.1. The third-order valence-electron chi connectivity index (χ3n) is 4.24. The van der Waals surface area contributed by atoms with Gasteiger partial charge in [-0.05, 0) is 26.7 Å². The van der Waals surface area contributed by atoms with Crippen molar-refractivity contribution in [1.29, 1.82) is 0 Å². The molecule has 0 aliphatic carbocycles. The molecule has 0 amide bonds. The normalized spacial score (nSPS) is 18.2. The van der Waals surface area contributed by atoms with E-state index >= 15 is 0 Å². The number of ether oxygens (including phenoxy) is 1. The molecule has 120 valence electrons. The Morgan fingerprint density at radius 3 is 2.67 bits per heavy atom. The van der Waals surface area contributed by atoms with Crippen molar-refractivity contribution in [2.45, 2.75) is 38.8 Å². The van der Waals surface area contributed by atoms with Crippen LogP contribution in [0.4, 0.5) is 5.82 Å². The van der Waals surface area contributed by atoms with Crippen molar-refractivity contribution in [2.24, 2.45) is 7.05 Å². The Labute approximate surface area is 127 Å². The first-order valence-electron chi connectivity index (χ1n) is 7.64. The lowest BCUT2D eigenvalue weighted by atomic mass is 9.93. The van der Waals surface area contributed by atoms with E-state index in [0.717, 1.165) is 44.7 Å². The van der Waals surface area contributed by atoms with Gasteiger partial charge in [-0.2, -0.15) is 5.10 Å². The molecule has 2 N–H and O–H groups in total. The Morgan fingerprint density at radius 2 is 2.05 bits per heavy atom. The van der Waals surface area contributed by atoms with E-state index in [4.69, 9.17) is 4.74 Å². The predicted molar refractivity (Wildman–Crippen MR) is 83.6 cm³/mol. The van der Waals surface area contributed by atoms with E-state index in [-0.39, 0.29) is 0 Å². The molecule has 6 heteroatoms. The minimum Gasteiger partial charge on any atom is -0.390 e. The number of rotatable bonds is 6. The average Bonchev–Trinajstić information content (AvgIpc) is 2.70. The van der Waals surface area contributed by atoms with Crippen molar-refractivity contribution in [3.63, 3.8) is 0 Å². The number of methoxy groups -OCH3 is 1. The van der Waals surface area contributed by atoms with Crippen molar-refractivity contribution in [3.05, 3.63) is 11.3 Å². The Bertz CT molecular complexity index is 460. The van der Waals surface area contributed by atoms with Gasteiger partial charge in [0.2, 0.25) is 0 Å². The van der Waals surface area contributed by atoms with Gasteiger partial charge in [-0.1, -0.05) is 0 Å². The van der Waals surface area contributed by atoms with E-state index < -0.39 is 5.60 Å². The SMILES string of the molecule is COCCNCc1c(C)nn(C)c1N1CCC(C)(O)CC1. The molecule has 1 fully saturated rings. The zero-order chi connectivity index (χ0) is 15.5. The molecule has 1 aliphatic heterocycles. The molecule has 1 aliphatic rings. The molecular weight excluding hydrogens is 268 g/mol. The van der Waals surface area contributed by atoms with Crippen LogP contribution in [-0.2, 0) is 18.3 Å². The van der Waals surface area contributed by atoms with E-state index in [1.807, 2.05) is 18.7 Å². The summed E-state index contributed by atoms with van der Waals surface area (Å²) in [6.45, 7) is 8.06. The summed E-state index contributed by atoms with van der Waals surface area (Å²) in [5.41, 5.74) is 1.78. The number of anilines is 1. The van der Waals surface area contributed by atoms with Crippen LogP contribution in [0.1, 0.15) is 31.0 Å². The maximum absolute atomic E-state index is 10.1. The second-order valence-corrected chi connectivity index (χ2v) is 6.16. The first-order valence-corrected chi connectivity index (χ1v) is 7.64. The fraction of sp³-hybridized carbons (Fsp3) is 0.800. The van der Waals surface area contributed by atoms with Gasteiger partial charge in [0.05, 0.1) is 17.9 Å². The van der Waals surface area contributed by atoms with Gasteiger partial charge in [-0.25, -0.2) is 0 Å².